The van der Waals surface area contributed by atoms with Gasteiger partial charge in [0.25, 0.3) is 0 Å². The fourth-order valence-electron chi connectivity index (χ4n) is 3.43. The highest BCUT2D eigenvalue weighted by molar-refractivity contribution is 14.1. The molecule has 0 spiro atoms. The lowest BCUT2D eigenvalue weighted by atomic mass is 9.89. The lowest BCUT2D eigenvalue weighted by Gasteiger charge is -2.49. The Labute approximate surface area is 175 Å². The molecule has 3 N–H and O–H groups in total. The molecule has 0 saturated carbocycles. The molecule has 0 radical (unpaired) electrons. The molecule has 2 aromatic heterocycles. The molecule has 1 fully saturated rings. The van der Waals surface area contributed by atoms with Crippen LogP contribution in [0.3, 0.4) is 0 Å². The first-order chi connectivity index (χ1) is 13.0. The van der Waals surface area contributed by atoms with Crippen molar-refractivity contribution in [3.8, 4) is 11.3 Å². The topological polar surface area (TPSA) is 88.5 Å². The fourth-order valence-corrected chi connectivity index (χ4v) is 4.42. The summed E-state index contributed by atoms with van der Waals surface area (Å²) in [4.78, 5) is 18.4. The van der Waals surface area contributed by atoms with Gasteiger partial charge >= 0.3 is 0 Å². The quantitative estimate of drug-likeness (QED) is 0.529. The Bertz CT molecular complexity index is 1030. The summed E-state index contributed by atoms with van der Waals surface area (Å²) in [7, 11) is 0. The Balaban J connectivity index is 1.75. The van der Waals surface area contributed by atoms with E-state index < -0.39 is 5.54 Å². The number of benzene rings is 1. The molecule has 1 amide bonds. The van der Waals surface area contributed by atoms with Crippen molar-refractivity contribution in [3.05, 3.63) is 45.1 Å². The average Bonchev–Trinajstić information content (AvgIpc) is 2.95. The summed E-state index contributed by atoms with van der Waals surface area (Å²) >= 11 is 8.61. The summed E-state index contributed by atoms with van der Waals surface area (Å²) in [5.41, 5.74) is 7.32. The van der Waals surface area contributed by atoms with Gasteiger partial charge in [-0.3, -0.25) is 4.79 Å². The van der Waals surface area contributed by atoms with Crippen molar-refractivity contribution in [2.75, 3.05) is 24.5 Å². The molecule has 7 nitrogen and oxygen atoms in total. The molecule has 1 aliphatic heterocycles. The van der Waals surface area contributed by atoms with Crippen LogP contribution in [0.25, 0.3) is 16.9 Å². The maximum atomic E-state index is 11.9. The largest absolute Gasteiger partial charge is 0.368 e. The summed E-state index contributed by atoms with van der Waals surface area (Å²) in [5.74, 6) is 0.531. The van der Waals surface area contributed by atoms with Crippen molar-refractivity contribution in [1.82, 2.24) is 19.9 Å². The van der Waals surface area contributed by atoms with Gasteiger partial charge in [0.05, 0.1) is 8.59 Å². The molecule has 140 valence electrons. The van der Waals surface area contributed by atoms with Crippen LogP contribution < -0.4 is 16.0 Å². The fraction of sp³-hybridized carbons (Fsp3) is 0.278. The second kappa shape index (κ2) is 6.92. The van der Waals surface area contributed by atoms with Crippen LogP contribution in [0, 0.1) is 3.57 Å². The van der Waals surface area contributed by atoms with Crippen molar-refractivity contribution in [1.29, 1.82) is 0 Å². The molecule has 4 rings (SSSR count). The van der Waals surface area contributed by atoms with Crippen LogP contribution in [-0.2, 0) is 4.79 Å². The molecular formula is C18H18ClIN6O. The predicted octanol–water partition coefficient (Wildman–Crippen LogP) is 2.31. The Hall–Kier alpha value is -1.91. The smallest absolute Gasteiger partial charge is 0.241 e. The predicted molar refractivity (Wildman–Crippen MR) is 114 cm³/mol. The lowest BCUT2D eigenvalue weighted by molar-refractivity contribution is -0.125. The summed E-state index contributed by atoms with van der Waals surface area (Å²) in [5, 5.41) is 8.62. The molecule has 27 heavy (non-hydrogen) atoms. The highest BCUT2D eigenvalue weighted by Crippen LogP contribution is 2.34. The molecular weight excluding hydrogens is 479 g/mol. The second-order valence-corrected chi connectivity index (χ2v) is 8.00. The molecule has 3 heterocycles. The number of aromatic nitrogens is 3. The van der Waals surface area contributed by atoms with Crippen LogP contribution in [0.2, 0.25) is 5.02 Å². The van der Waals surface area contributed by atoms with Gasteiger partial charge in [0.2, 0.25) is 5.91 Å². The molecule has 1 aromatic carbocycles. The van der Waals surface area contributed by atoms with E-state index in [1.165, 1.54) is 0 Å². The number of nitrogens with two attached hydrogens (primary N) is 1. The van der Waals surface area contributed by atoms with Gasteiger partial charge in [0.15, 0.2) is 5.65 Å². The van der Waals surface area contributed by atoms with E-state index in [2.05, 4.69) is 37.8 Å². The van der Waals surface area contributed by atoms with Crippen molar-refractivity contribution in [3.63, 3.8) is 0 Å². The number of rotatable bonds is 5. The van der Waals surface area contributed by atoms with Gasteiger partial charge in [0, 0.05) is 24.8 Å². The van der Waals surface area contributed by atoms with Crippen LogP contribution in [0.4, 0.5) is 5.82 Å². The van der Waals surface area contributed by atoms with Crippen LogP contribution in [-0.4, -0.2) is 45.7 Å². The molecule has 0 bridgehead atoms. The van der Waals surface area contributed by atoms with E-state index in [-0.39, 0.29) is 5.91 Å². The SMILES string of the molecule is CCNC1(C(N)=O)CN(c2ccnc3c(I)c(-c4ccccc4Cl)nn23)C1. The van der Waals surface area contributed by atoms with Gasteiger partial charge < -0.3 is 16.0 Å². The van der Waals surface area contributed by atoms with Crippen LogP contribution in [0.5, 0.6) is 0 Å². The number of primary amides is 1. The lowest BCUT2D eigenvalue weighted by Crippen LogP contribution is -2.75. The molecule has 1 saturated heterocycles. The van der Waals surface area contributed by atoms with Gasteiger partial charge in [-0.05, 0) is 41.3 Å². The molecule has 9 heteroatoms. The van der Waals surface area contributed by atoms with E-state index in [0.29, 0.717) is 24.7 Å². The van der Waals surface area contributed by atoms with Gasteiger partial charge in [-0.15, -0.1) is 0 Å². The van der Waals surface area contributed by atoms with Gasteiger partial charge in [0.1, 0.15) is 17.1 Å². The van der Waals surface area contributed by atoms with E-state index in [1.807, 2.05) is 37.3 Å². The van der Waals surface area contributed by atoms with E-state index in [1.54, 1.807) is 10.7 Å². The Kier molecular flexibility index (Phi) is 4.73. The maximum Gasteiger partial charge on any atom is 0.241 e. The Morgan fingerprint density at radius 3 is 2.78 bits per heavy atom. The minimum Gasteiger partial charge on any atom is -0.368 e. The zero-order valence-electron chi connectivity index (χ0n) is 14.6. The van der Waals surface area contributed by atoms with E-state index in [4.69, 9.17) is 22.4 Å². The summed E-state index contributed by atoms with van der Waals surface area (Å²) in [6.07, 6.45) is 1.75. The molecule has 0 unspecified atom stereocenters. The highest BCUT2D eigenvalue weighted by Gasteiger charge is 2.48. The van der Waals surface area contributed by atoms with E-state index in [9.17, 15) is 4.79 Å². The number of nitrogens with zero attached hydrogens (tertiary/aromatic N) is 4. The van der Waals surface area contributed by atoms with Gasteiger partial charge in [-0.2, -0.15) is 9.61 Å². The zero-order valence-corrected chi connectivity index (χ0v) is 17.5. The van der Waals surface area contributed by atoms with Crippen molar-refractivity contribution >= 4 is 51.6 Å². The van der Waals surface area contributed by atoms with Crippen LogP contribution in [0.1, 0.15) is 6.92 Å². The van der Waals surface area contributed by atoms with Crippen LogP contribution in [0.15, 0.2) is 36.5 Å². The first-order valence-corrected chi connectivity index (χ1v) is 10.0. The average molecular weight is 497 g/mol. The van der Waals surface area contributed by atoms with Gasteiger partial charge in [-0.1, -0.05) is 36.7 Å². The highest BCUT2D eigenvalue weighted by atomic mass is 127. The first kappa shape index (κ1) is 18.5. The number of hydrogen-bond donors (Lipinski definition) is 2. The number of halogens is 2. The van der Waals surface area contributed by atoms with Crippen LogP contribution >= 0.6 is 34.2 Å². The maximum absolute atomic E-state index is 11.9. The monoisotopic (exact) mass is 496 g/mol. The van der Waals surface area contributed by atoms with Crippen molar-refractivity contribution in [2.45, 2.75) is 12.5 Å². The third kappa shape index (κ3) is 2.95. The summed E-state index contributed by atoms with van der Waals surface area (Å²) in [6.45, 7) is 3.63. The number of likely N-dealkylation sites (N-methyl/N-ethyl adjacent to an activating group) is 1. The van der Waals surface area contributed by atoms with E-state index >= 15 is 0 Å². The minimum absolute atomic E-state index is 0.335. The number of nitrogens with one attached hydrogen (secondary N) is 1. The number of carbonyl (C=O) groups is 1. The number of fused-ring (bicyclic) bond motifs is 1. The first-order valence-electron chi connectivity index (χ1n) is 8.55. The third-order valence-corrected chi connectivity index (χ3v) is 6.13. The number of amides is 1. The normalized spacial score (nSPS) is 15.7. The third-order valence-electron chi connectivity index (χ3n) is 4.80. The summed E-state index contributed by atoms with van der Waals surface area (Å²) < 4.78 is 2.73. The molecule has 0 atom stereocenters. The van der Waals surface area contributed by atoms with Crippen molar-refractivity contribution in [2.24, 2.45) is 5.73 Å². The number of hydrogen-bond acceptors (Lipinski definition) is 5. The Morgan fingerprint density at radius 1 is 1.37 bits per heavy atom. The molecule has 1 aliphatic rings. The molecule has 0 aliphatic carbocycles. The number of carbonyl (C=O) groups excluding carboxylic acids is 1. The van der Waals surface area contributed by atoms with Crippen molar-refractivity contribution < 1.29 is 4.79 Å². The number of anilines is 1. The minimum atomic E-state index is -0.698. The van der Waals surface area contributed by atoms with E-state index in [0.717, 1.165) is 26.3 Å². The Morgan fingerprint density at radius 2 is 2.11 bits per heavy atom. The van der Waals surface area contributed by atoms with Gasteiger partial charge in [-0.25, -0.2) is 4.98 Å². The molecule has 3 aromatic rings. The second-order valence-electron chi connectivity index (χ2n) is 6.51. The summed E-state index contributed by atoms with van der Waals surface area (Å²) in [6, 6.07) is 9.51. The zero-order chi connectivity index (χ0) is 19.2. The standard InChI is InChI=1S/C18H18ClIN6O/c1-2-23-18(17(21)27)9-25(10-18)13-7-8-22-16-14(20)15(24-26(13)16)11-5-3-4-6-12(11)19/h3-8,23H,2,9-10H2,1H3,(H2,21,27).